The van der Waals surface area contributed by atoms with E-state index in [0.29, 0.717) is 11.4 Å². The zero-order valence-electron chi connectivity index (χ0n) is 12.1. The molecule has 0 fully saturated rings. The van der Waals surface area contributed by atoms with Gasteiger partial charge in [0.05, 0.1) is 23.3 Å². The molecule has 0 aliphatic heterocycles. The van der Waals surface area contributed by atoms with Crippen LogP contribution >= 0.6 is 0 Å². The number of rotatable bonds is 3. The van der Waals surface area contributed by atoms with E-state index in [1.54, 1.807) is 10.9 Å². The van der Waals surface area contributed by atoms with Crippen molar-refractivity contribution >= 4 is 28.3 Å². The van der Waals surface area contributed by atoms with Crippen LogP contribution in [0.1, 0.15) is 5.69 Å². The summed E-state index contributed by atoms with van der Waals surface area (Å²) in [5.41, 5.74) is 9.44. The number of fused-ring (bicyclic) bond motifs is 1. The van der Waals surface area contributed by atoms with Crippen LogP contribution in [0.3, 0.4) is 0 Å². The highest BCUT2D eigenvalue weighted by Gasteiger charge is 2.11. The SMILES string of the molecule is C=CC(=O)Nc1cnc2c(c1)c(C)nn2-c1ccc(N)cc1. The lowest BCUT2D eigenvalue weighted by atomic mass is 10.2. The molecule has 0 aliphatic carbocycles. The number of pyridine rings is 1. The molecule has 0 aliphatic rings. The highest BCUT2D eigenvalue weighted by atomic mass is 16.1. The summed E-state index contributed by atoms with van der Waals surface area (Å²) in [6.45, 7) is 5.33. The number of aromatic nitrogens is 3. The van der Waals surface area contributed by atoms with Gasteiger partial charge in [-0.15, -0.1) is 0 Å². The summed E-state index contributed by atoms with van der Waals surface area (Å²) in [7, 11) is 0. The van der Waals surface area contributed by atoms with Crippen molar-refractivity contribution in [3.8, 4) is 5.69 Å². The number of anilines is 2. The second-order valence-corrected chi connectivity index (χ2v) is 4.88. The molecule has 6 heteroatoms. The second kappa shape index (κ2) is 5.33. The fraction of sp³-hybridized carbons (Fsp3) is 0.0625. The van der Waals surface area contributed by atoms with Crippen LogP contribution < -0.4 is 11.1 Å². The minimum Gasteiger partial charge on any atom is -0.399 e. The molecule has 6 nitrogen and oxygen atoms in total. The van der Waals surface area contributed by atoms with Crippen molar-refractivity contribution in [3.63, 3.8) is 0 Å². The maximum atomic E-state index is 11.4. The van der Waals surface area contributed by atoms with Crippen LogP contribution in [0.25, 0.3) is 16.7 Å². The predicted octanol–water partition coefficient (Wildman–Crippen LogP) is 2.44. The zero-order chi connectivity index (χ0) is 15.7. The largest absolute Gasteiger partial charge is 0.399 e. The van der Waals surface area contributed by atoms with Crippen LogP contribution in [0.4, 0.5) is 11.4 Å². The van der Waals surface area contributed by atoms with E-state index in [-0.39, 0.29) is 5.91 Å². The molecule has 0 atom stereocenters. The third kappa shape index (κ3) is 2.42. The molecule has 0 bridgehead atoms. The standard InChI is InChI=1S/C16H15N5O/c1-3-15(22)19-12-8-14-10(2)20-21(16(14)18-9-12)13-6-4-11(17)5-7-13/h3-9H,1,17H2,2H3,(H,19,22). The summed E-state index contributed by atoms with van der Waals surface area (Å²) in [4.78, 5) is 15.8. The van der Waals surface area contributed by atoms with Gasteiger partial charge in [-0.2, -0.15) is 5.10 Å². The first kappa shape index (κ1) is 13.8. The molecule has 0 spiro atoms. The molecule has 0 radical (unpaired) electrons. The average Bonchev–Trinajstić information content (AvgIpc) is 2.85. The normalized spacial score (nSPS) is 10.6. The third-order valence-corrected chi connectivity index (χ3v) is 3.30. The molecule has 3 rings (SSSR count). The predicted molar refractivity (Wildman–Crippen MR) is 86.8 cm³/mol. The Morgan fingerprint density at radius 1 is 1.36 bits per heavy atom. The molecule has 0 unspecified atom stereocenters. The zero-order valence-corrected chi connectivity index (χ0v) is 12.1. The maximum Gasteiger partial charge on any atom is 0.247 e. The fourth-order valence-corrected chi connectivity index (χ4v) is 2.20. The Kier molecular flexibility index (Phi) is 3.34. The molecule has 2 heterocycles. The van der Waals surface area contributed by atoms with Crippen LogP contribution in [-0.4, -0.2) is 20.7 Å². The van der Waals surface area contributed by atoms with E-state index in [9.17, 15) is 4.79 Å². The summed E-state index contributed by atoms with van der Waals surface area (Å²) < 4.78 is 1.75. The van der Waals surface area contributed by atoms with E-state index in [1.807, 2.05) is 37.3 Å². The highest BCUT2D eigenvalue weighted by Crippen LogP contribution is 2.23. The van der Waals surface area contributed by atoms with Crippen LogP contribution in [0, 0.1) is 6.92 Å². The topological polar surface area (TPSA) is 85.8 Å². The monoisotopic (exact) mass is 293 g/mol. The Balaban J connectivity index is 2.09. The summed E-state index contributed by atoms with van der Waals surface area (Å²) in [5, 5.41) is 8.08. The lowest BCUT2D eigenvalue weighted by molar-refractivity contribution is -0.111. The molecular formula is C16H15N5O. The Hall–Kier alpha value is -3.15. The summed E-state index contributed by atoms with van der Waals surface area (Å²) >= 11 is 0. The van der Waals surface area contributed by atoms with Crippen LogP contribution in [-0.2, 0) is 4.79 Å². The van der Waals surface area contributed by atoms with Crippen molar-refractivity contribution in [2.75, 3.05) is 11.1 Å². The quantitative estimate of drug-likeness (QED) is 0.573. The Labute approximate surface area is 127 Å². The number of nitrogens with two attached hydrogens (primary N) is 1. The Bertz CT molecular complexity index is 864. The van der Waals surface area contributed by atoms with E-state index in [0.717, 1.165) is 22.4 Å². The number of aryl methyl sites for hydroxylation is 1. The van der Waals surface area contributed by atoms with E-state index < -0.39 is 0 Å². The van der Waals surface area contributed by atoms with Gasteiger partial charge in [0.15, 0.2) is 5.65 Å². The molecule has 110 valence electrons. The first-order valence-electron chi connectivity index (χ1n) is 6.73. The van der Waals surface area contributed by atoms with Gasteiger partial charge < -0.3 is 11.1 Å². The molecule has 3 aromatic rings. The number of nitrogens with zero attached hydrogens (tertiary/aromatic N) is 3. The van der Waals surface area contributed by atoms with E-state index >= 15 is 0 Å². The van der Waals surface area contributed by atoms with Crippen LogP contribution in [0.15, 0.2) is 49.2 Å². The van der Waals surface area contributed by atoms with E-state index in [1.165, 1.54) is 6.08 Å². The van der Waals surface area contributed by atoms with E-state index in [2.05, 4.69) is 22.0 Å². The second-order valence-electron chi connectivity index (χ2n) is 4.88. The van der Waals surface area contributed by atoms with Crippen molar-refractivity contribution in [2.45, 2.75) is 6.92 Å². The number of hydrogen-bond donors (Lipinski definition) is 2. The fourth-order valence-electron chi connectivity index (χ4n) is 2.20. The number of hydrogen-bond acceptors (Lipinski definition) is 4. The van der Waals surface area contributed by atoms with Gasteiger partial charge in [0, 0.05) is 11.1 Å². The molecular weight excluding hydrogens is 278 g/mol. The third-order valence-electron chi connectivity index (χ3n) is 3.30. The number of nitrogens with one attached hydrogen (secondary N) is 1. The van der Waals surface area contributed by atoms with Crippen molar-refractivity contribution < 1.29 is 4.79 Å². The summed E-state index contributed by atoms with van der Waals surface area (Å²) in [6.07, 6.45) is 2.81. The van der Waals surface area contributed by atoms with Crippen molar-refractivity contribution in [1.29, 1.82) is 0 Å². The Morgan fingerprint density at radius 3 is 2.77 bits per heavy atom. The smallest absolute Gasteiger partial charge is 0.247 e. The molecule has 3 N–H and O–H groups in total. The lowest BCUT2D eigenvalue weighted by Gasteiger charge is -2.04. The van der Waals surface area contributed by atoms with Gasteiger partial charge in [0.25, 0.3) is 0 Å². The molecule has 0 saturated heterocycles. The minimum atomic E-state index is -0.273. The van der Waals surface area contributed by atoms with Gasteiger partial charge in [0.1, 0.15) is 0 Å². The molecule has 22 heavy (non-hydrogen) atoms. The highest BCUT2D eigenvalue weighted by molar-refractivity contribution is 6.00. The summed E-state index contributed by atoms with van der Waals surface area (Å²) in [6, 6.07) is 9.25. The number of carbonyl (C=O) groups excluding carboxylic acids is 1. The van der Waals surface area contributed by atoms with Gasteiger partial charge in [-0.05, 0) is 43.3 Å². The molecule has 0 saturated carbocycles. The molecule has 2 aromatic heterocycles. The average molecular weight is 293 g/mol. The van der Waals surface area contributed by atoms with Gasteiger partial charge in [0.2, 0.25) is 5.91 Å². The first-order valence-corrected chi connectivity index (χ1v) is 6.73. The van der Waals surface area contributed by atoms with Gasteiger partial charge in [-0.1, -0.05) is 6.58 Å². The molecule has 1 amide bonds. The molecule has 1 aromatic carbocycles. The van der Waals surface area contributed by atoms with Gasteiger partial charge >= 0.3 is 0 Å². The van der Waals surface area contributed by atoms with Crippen molar-refractivity contribution in [3.05, 3.63) is 54.9 Å². The van der Waals surface area contributed by atoms with Gasteiger partial charge in [-0.25, -0.2) is 9.67 Å². The Morgan fingerprint density at radius 2 is 2.09 bits per heavy atom. The van der Waals surface area contributed by atoms with Crippen LogP contribution in [0.5, 0.6) is 0 Å². The lowest BCUT2D eigenvalue weighted by Crippen LogP contribution is -2.07. The number of benzene rings is 1. The van der Waals surface area contributed by atoms with E-state index in [4.69, 9.17) is 5.73 Å². The van der Waals surface area contributed by atoms with Gasteiger partial charge in [-0.3, -0.25) is 4.79 Å². The minimum absolute atomic E-state index is 0.273. The first-order chi connectivity index (χ1) is 10.6. The number of amides is 1. The van der Waals surface area contributed by atoms with Crippen LogP contribution in [0.2, 0.25) is 0 Å². The number of nitrogen functional groups attached to an aromatic ring is 1. The summed E-state index contributed by atoms with van der Waals surface area (Å²) in [5.74, 6) is -0.273. The van der Waals surface area contributed by atoms with Crippen molar-refractivity contribution in [2.24, 2.45) is 0 Å². The van der Waals surface area contributed by atoms with Crippen molar-refractivity contribution in [1.82, 2.24) is 14.8 Å². The number of carbonyl (C=O) groups is 1. The maximum absolute atomic E-state index is 11.4.